The van der Waals surface area contributed by atoms with Gasteiger partial charge in [-0.05, 0) is 37.5 Å². The molecular formula is C26H35N3O3. The largest absolute Gasteiger partial charge is 0.379 e. The topological polar surface area (TPSA) is 70.7 Å². The summed E-state index contributed by atoms with van der Waals surface area (Å²) < 4.78 is 5.52. The molecule has 2 amide bonds. The van der Waals surface area contributed by atoms with Gasteiger partial charge in [0, 0.05) is 25.2 Å². The average molecular weight is 438 g/mol. The van der Waals surface area contributed by atoms with Gasteiger partial charge in [-0.2, -0.15) is 0 Å². The van der Waals surface area contributed by atoms with Crippen LogP contribution in [0.3, 0.4) is 0 Å². The molecule has 0 aromatic heterocycles. The molecule has 1 aliphatic heterocycles. The van der Waals surface area contributed by atoms with Crippen LogP contribution in [0.25, 0.3) is 0 Å². The summed E-state index contributed by atoms with van der Waals surface area (Å²) in [6, 6.07) is 15.3. The van der Waals surface area contributed by atoms with Crippen LogP contribution < -0.4 is 10.6 Å². The van der Waals surface area contributed by atoms with Crippen molar-refractivity contribution >= 4 is 11.8 Å². The molecule has 0 radical (unpaired) electrons. The van der Waals surface area contributed by atoms with E-state index in [0.29, 0.717) is 25.3 Å². The molecule has 0 saturated carbocycles. The fraction of sp³-hybridized carbons (Fsp3) is 0.462. The van der Waals surface area contributed by atoms with Crippen molar-refractivity contribution < 1.29 is 14.3 Å². The summed E-state index contributed by atoms with van der Waals surface area (Å²) in [7, 11) is 0. The van der Waals surface area contributed by atoms with E-state index in [1.807, 2.05) is 39.0 Å². The summed E-state index contributed by atoms with van der Waals surface area (Å²) in [5.41, 5.74) is 3.95. The van der Waals surface area contributed by atoms with E-state index < -0.39 is 6.04 Å². The van der Waals surface area contributed by atoms with Crippen LogP contribution in [-0.4, -0.2) is 55.6 Å². The van der Waals surface area contributed by atoms with Crippen molar-refractivity contribution in [1.82, 2.24) is 15.5 Å². The highest BCUT2D eigenvalue weighted by Crippen LogP contribution is 2.22. The summed E-state index contributed by atoms with van der Waals surface area (Å²) in [5, 5.41) is 6.03. The number of carbonyl (C=O) groups excluding carboxylic acids is 2. The number of hydrogen-bond donors (Lipinski definition) is 2. The average Bonchev–Trinajstić information content (AvgIpc) is 2.79. The van der Waals surface area contributed by atoms with E-state index in [0.717, 1.165) is 18.7 Å². The molecule has 0 aliphatic carbocycles. The second-order valence-corrected chi connectivity index (χ2v) is 8.88. The lowest BCUT2D eigenvalue weighted by Crippen LogP contribution is -2.52. The fourth-order valence-electron chi connectivity index (χ4n) is 3.99. The molecular weight excluding hydrogens is 402 g/mol. The Labute approximate surface area is 191 Å². The van der Waals surface area contributed by atoms with Crippen LogP contribution in [0, 0.1) is 19.8 Å². The van der Waals surface area contributed by atoms with Gasteiger partial charge >= 0.3 is 0 Å². The smallest absolute Gasteiger partial charge is 0.251 e. The number of aryl methyl sites for hydroxylation is 2. The van der Waals surface area contributed by atoms with Crippen LogP contribution in [0.2, 0.25) is 0 Å². The Balaban J connectivity index is 1.69. The Morgan fingerprint density at radius 1 is 1.00 bits per heavy atom. The maximum Gasteiger partial charge on any atom is 0.251 e. The molecule has 0 unspecified atom stereocenters. The quantitative estimate of drug-likeness (QED) is 0.665. The van der Waals surface area contributed by atoms with Gasteiger partial charge in [0.2, 0.25) is 5.91 Å². The minimum absolute atomic E-state index is 0.0371. The minimum atomic E-state index is -0.605. The van der Waals surface area contributed by atoms with Crippen LogP contribution in [0.15, 0.2) is 48.5 Å². The summed E-state index contributed by atoms with van der Waals surface area (Å²) >= 11 is 0. The van der Waals surface area contributed by atoms with E-state index in [2.05, 4.69) is 46.7 Å². The van der Waals surface area contributed by atoms with E-state index in [1.165, 1.54) is 11.1 Å². The highest BCUT2D eigenvalue weighted by molar-refractivity contribution is 5.97. The molecule has 1 saturated heterocycles. The second kappa shape index (κ2) is 11.2. The predicted molar refractivity (Wildman–Crippen MR) is 127 cm³/mol. The number of carbonyl (C=O) groups is 2. The number of nitrogens with one attached hydrogen (secondary N) is 2. The number of amides is 2. The van der Waals surface area contributed by atoms with E-state index in [9.17, 15) is 9.59 Å². The van der Waals surface area contributed by atoms with Gasteiger partial charge < -0.3 is 15.4 Å². The molecule has 2 aromatic rings. The van der Waals surface area contributed by atoms with Crippen molar-refractivity contribution in [3.05, 3.63) is 70.8 Å². The molecule has 2 N–H and O–H groups in total. The first kappa shape index (κ1) is 24.0. The Morgan fingerprint density at radius 3 is 2.31 bits per heavy atom. The SMILES string of the molecule is Cc1ccc([C@@H](CNC(=O)[C@H](NC(=O)c2cccc(C)c2)C(C)C)N2CCOCC2)cc1. The second-order valence-electron chi connectivity index (χ2n) is 8.88. The lowest BCUT2D eigenvalue weighted by Gasteiger charge is -2.35. The van der Waals surface area contributed by atoms with Gasteiger partial charge in [-0.15, -0.1) is 0 Å². The number of hydrogen-bond acceptors (Lipinski definition) is 4. The number of rotatable bonds is 8. The Bertz CT molecular complexity index is 905. The van der Waals surface area contributed by atoms with Gasteiger partial charge in [0.25, 0.3) is 5.91 Å². The fourth-order valence-corrected chi connectivity index (χ4v) is 3.99. The Kier molecular flexibility index (Phi) is 8.42. The van der Waals surface area contributed by atoms with Crippen LogP contribution in [0.5, 0.6) is 0 Å². The zero-order chi connectivity index (χ0) is 23.1. The maximum absolute atomic E-state index is 13.1. The molecule has 6 heteroatoms. The van der Waals surface area contributed by atoms with Gasteiger partial charge in [0.1, 0.15) is 6.04 Å². The molecule has 1 fully saturated rings. The van der Waals surface area contributed by atoms with Crippen molar-refractivity contribution in [3.8, 4) is 0 Å². The normalized spacial score (nSPS) is 16.4. The zero-order valence-electron chi connectivity index (χ0n) is 19.6. The molecule has 172 valence electrons. The van der Waals surface area contributed by atoms with Crippen LogP contribution in [0.1, 0.15) is 46.9 Å². The molecule has 1 aliphatic rings. The molecule has 0 spiro atoms. The maximum atomic E-state index is 13.1. The molecule has 3 rings (SSSR count). The molecule has 0 bridgehead atoms. The number of ether oxygens (including phenoxy) is 1. The van der Waals surface area contributed by atoms with Crippen LogP contribution in [0.4, 0.5) is 0 Å². The van der Waals surface area contributed by atoms with Gasteiger partial charge in [-0.25, -0.2) is 0 Å². The summed E-state index contributed by atoms with van der Waals surface area (Å²) in [6.07, 6.45) is 0. The summed E-state index contributed by atoms with van der Waals surface area (Å²) in [6.45, 7) is 11.4. The van der Waals surface area contributed by atoms with E-state index in [1.54, 1.807) is 6.07 Å². The van der Waals surface area contributed by atoms with E-state index in [-0.39, 0.29) is 23.8 Å². The van der Waals surface area contributed by atoms with Crippen molar-refractivity contribution in [3.63, 3.8) is 0 Å². The third-order valence-electron chi connectivity index (χ3n) is 5.93. The number of benzene rings is 2. The Morgan fingerprint density at radius 2 is 1.69 bits per heavy atom. The number of morpholine rings is 1. The molecule has 6 nitrogen and oxygen atoms in total. The number of nitrogens with zero attached hydrogens (tertiary/aromatic N) is 1. The molecule has 2 aromatic carbocycles. The first-order valence-electron chi connectivity index (χ1n) is 11.4. The van der Waals surface area contributed by atoms with Gasteiger partial charge in [0.15, 0.2) is 0 Å². The van der Waals surface area contributed by atoms with E-state index in [4.69, 9.17) is 4.74 Å². The van der Waals surface area contributed by atoms with E-state index >= 15 is 0 Å². The summed E-state index contributed by atoms with van der Waals surface area (Å²) in [5.74, 6) is -0.429. The van der Waals surface area contributed by atoms with Crippen LogP contribution in [-0.2, 0) is 9.53 Å². The van der Waals surface area contributed by atoms with Gasteiger partial charge in [-0.1, -0.05) is 61.4 Å². The molecule has 2 atom stereocenters. The van der Waals surface area contributed by atoms with Crippen molar-refractivity contribution in [2.24, 2.45) is 5.92 Å². The minimum Gasteiger partial charge on any atom is -0.379 e. The highest BCUT2D eigenvalue weighted by atomic mass is 16.5. The molecule has 32 heavy (non-hydrogen) atoms. The van der Waals surface area contributed by atoms with Gasteiger partial charge in [-0.3, -0.25) is 14.5 Å². The van der Waals surface area contributed by atoms with Crippen molar-refractivity contribution in [2.45, 2.75) is 39.8 Å². The van der Waals surface area contributed by atoms with Gasteiger partial charge in [0.05, 0.1) is 19.3 Å². The van der Waals surface area contributed by atoms with Crippen molar-refractivity contribution in [1.29, 1.82) is 0 Å². The lowest BCUT2D eigenvalue weighted by molar-refractivity contribution is -0.124. The Hall–Kier alpha value is -2.70. The summed E-state index contributed by atoms with van der Waals surface area (Å²) in [4.78, 5) is 28.2. The standard InChI is InChI=1S/C26H35N3O3/c1-18(2)24(28-25(30)22-7-5-6-20(4)16-22)26(31)27-17-23(29-12-14-32-15-13-29)21-10-8-19(3)9-11-21/h5-11,16,18,23-24H,12-15,17H2,1-4H3,(H,27,31)(H,28,30)/t23-,24-/m1/s1. The van der Waals surface area contributed by atoms with Crippen molar-refractivity contribution in [2.75, 3.05) is 32.8 Å². The third kappa shape index (κ3) is 6.40. The van der Waals surface area contributed by atoms with Crippen LogP contribution >= 0.6 is 0 Å². The lowest BCUT2D eigenvalue weighted by atomic mass is 10.0. The predicted octanol–water partition coefficient (Wildman–Crippen LogP) is 3.25. The first-order valence-corrected chi connectivity index (χ1v) is 11.4. The molecule has 1 heterocycles. The highest BCUT2D eigenvalue weighted by Gasteiger charge is 2.28. The first-order chi connectivity index (χ1) is 15.3. The third-order valence-corrected chi connectivity index (χ3v) is 5.93. The monoisotopic (exact) mass is 437 g/mol. The zero-order valence-corrected chi connectivity index (χ0v) is 19.6.